The molecule has 118 valence electrons. The first-order valence-electron chi connectivity index (χ1n) is 7.86. The van der Waals surface area contributed by atoms with Crippen molar-refractivity contribution < 1.29 is 14.7 Å². The molecule has 1 aliphatic rings. The van der Waals surface area contributed by atoms with Crippen molar-refractivity contribution >= 4 is 17.4 Å². The number of carbonyl (C=O) groups is 2. The topological polar surface area (TPSA) is 66.4 Å². The molecule has 3 rings (SSSR count). The lowest BCUT2D eigenvalue weighted by Crippen LogP contribution is -2.13. The second-order valence-corrected chi connectivity index (χ2v) is 5.86. The van der Waals surface area contributed by atoms with Gasteiger partial charge in [0.15, 0.2) is 5.78 Å². The summed E-state index contributed by atoms with van der Waals surface area (Å²) in [4.78, 5) is 24.1. The van der Waals surface area contributed by atoms with Crippen molar-refractivity contribution in [2.75, 3.05) is 5.32 Å². The Kier molecular flexibility index (Phi) is 4.42. The molecule has 2 N–H and O–H groups in total. The summed E-state index contributed by atoms with van der Waals surface area (Å²) < 4.78 is 0. The minimum Gasteiger partial charge on any atom is -0.508 e. The summed E-state index contributed by atoms with van der Waals surface area (Å²) >= 11 is 0. The van der Waals surface area contributed by atoms with Crippen molar-refractivity contribution in [3.05, 3.63) is 59.2 Å². The van der Waals surface area contributed by atoms with Gasteiger partial charge in [-0.2, -0.15) is 0 Å². The molecule has 2 aromatic rings. The maximum absolute atomic E-state index is 12.2. The molecule has 1 amide bonds. The van der Waals surface area contributed by atoms with E-state index in [1.54, 1.807) is 12.1 Å². The Morgan fingerprint density at radius 2 is 1.83 bits per heavy atom. The third-order valence-electron chi connectivity index (χ3n) is 4.13. The third-order valence-corrected chi connectivity index (χ3v) is 4.13. The molecule has 0 saturated heterocycles. The van der Waals surface area contributed by atoms with Gasteiger partial charge in [0.1, 0.15) is 5.75 Å². The van der Waals surface area contributed by atoms with Gasteiger partial charge in [-0.3, -0.25) is 9.59 Å². The highest BCUT2D eigenvalue weighted by molar-refractivity contribution is 6.00. The fourth-order valence-electron chi connectivity index (χ4n) is 2.92. The number of ketones is 1. The highest BCUT2D eigenvalue weighted by atomic mass is 16.3. The number of carbonyl (C=O) groups excluding carboxylic acids is 2. The molecule has 0 aliphatic heterocycles. The SMILES string of the molecule is O=C(CCC(=O)c1ccc2c(c1)CCC2)Nc1cccc(O)c1. The van der Waals surface area contributed by atoms with Gasteiger partial charge in [0, 0.05) is 30.2 Å². The summed E-state index contributed by atoms with van der Waals surface area (Å²) in [5, 5.41) is 12.0. The third kappa shape index (κ3) is 3.77. The Bertz CT molecular complexity index is 752. The Morgan fingerprint density at radius 3 is 2.65 bits per heavy atom. The molecule has 0 radical (unpaired) electrons. The molecule has 2 aromatic carbocycles. The number of phenolic OH excluding ortho intramolecular Hbond substituents is 1. The quantitative estimate of drug-likeness (QED) is 0.831. The van der Waals surface area contributed by atoms with E-state index in [0.717, 1.165) is 19.3 Å². The van der Waals surface area contributed by atoms with Gasteiger partial charge in [0.25, 0.3) is 0 Å². The zero-order valence-corrected chi connectivity index (χ0v) is 12.8. The molecule has 0 spiro atoms. The first kappa shape index (κ1) is 15.3. The van der Waals surface area contributed by atoms with Crippen molar-refractivity contribution in [2.45, 2.75) is 32.1 Å². The highest BCUT2D eigenvalue weighted by Gasteiger charge is 2.15. The molecule has 1 aliphatic carbocycles. The van der Waals surface area contributed by atoms with Crippen molar-refractivity contribution in [1.82, 2.24) is 0 Å². The molecule has 0 aromatic heterocycles. The van der Waals surface area contributed by atoms with Gasteiger partial charge in [-0.15, -0.1) is 0 Å². The van der Waals surface area contributed by atoms with Crippen molar-refractivity contribution in [3.8, 4) is 5.75 Å². The van der Waals surface area contributed by atoms with E-state index in [-0.39, 0.29) is 30.3 Å². The number of benzene rings is 2. The summed E-state index contributed by atoms with van der Waals surface area (Å²) in [7, 11) is 0. The highest BCUT2D eigenvalue weighted by Crippen LogP contribution is 2.23. The molecule has 0 unspecified atom stereocenters. The number of nitrogens with one attached hydrogen (secondary N) is 1. The van der Waals surface area contributed by atoms with Crippen LogP contribution in [0, 0.1) is 0 Å². The van der Waals surface area contributed by atoms with E-state index < -0.39 is 0 Å². The summed E-state index contributed by atoms with van der Waals surface area (Å²) in [6.45, 7) is 0. The lowest BCUT2D eigenvalue weighted by atomic mass is 10.0. The van der Waals surface area contributed by atoms with Crippen LogP contribution in [0.3, 0.4) is 0 Å². The monoisotopic (exact) mass is 309 g/mol. The molecule has 0 saturated carbocycles. The number of rotatable bonds is 5. The fraction of sp³-hybridized carbons (Fsp3) is 0.263. The Balaban J connectivity index is 1.55. The largest absolute Gasteiger partial charge is 0.508 e. The van der Waals surface area contributed by atoms with Gasteiger partial charge in [-0.1, -0.05) is 18.2 Å². The number of hydrogen-bond donors (Lipinski definition) is 2. The van der Waals surface area contributed by atoms with Crippen molar-refractivity contribution in [1.29, 1.82) is 0 Å². The van der Waals surface area contributed by atoms with E-state index in [9.17, 15) is 14.7 Å². The summed E-state index contributed by atoms with van der Waals surface area (Å²) in [5.74, 6) is -0.145. The van der Waals surface area contributed by atoms with Crippen LogP contribution in [0.25, 0.3) is 0 Å². The van der Waals surface area contributed by atoms with Crippen LogP contribution >= 0.6 is 0 Å². The lowest BCUT2D eigenvalue weighted by Gasteiger charge is -2.06. The lowest BCUT2D eigenvalue weighted by molar-refractivity contribution is -0.116. The first-order valence-corrected chi connectivity index (χ1v) is 7.86. The molecule has 0 bridgehead atoms. The van der Waals surface area contributed by atoms with Crippen LogP contribution in [0.15, 0.2) is 42.5 Å². The van der Waals surface area contributed by atoms with E-state index in [0.29, 0.717) is 11.3 Å². The Labute approximate surface area is 135 Å². The summed E-state index contributed by atoms with van der Waals surface area (Å²) in [6.07, 6.45) is 3.60. The van der Waals surface area contributed by atoms with E-state index >= 15 is 0 Å². The van der Waals surface area contributed by atoms with Crippen LogP contribution in [0.4, 0.5) is 5.69 Å². The molecule has 4 nitrogen and oxygen atoms in total. The van der Waals surface area contributed by atoms with Gasteiger partial charge >= 0.3 is 0 Å². The molecule has 0 fully saturated rings. The molecule has 0 heterocycles. The number of fused-ring (bicyclic) bond motifs is 1. The first-order chi connectivity index (χ1) is 11.1. The van der Waals surface area contributed by atoms with E-state index in [2.05, 4.69) is 5.32 Å². The normalized spacial score (nSPS) is 12.7. The number of anilines is 1. The van der Waals surface area contributed by atoms with Gasteiger partial charge in [-0.25, -0.2) is 0 Å². The zero-order chi connectivity index (χ0) is 16.2. The summed E-state index contributed by atoms with van der Waals surface area (Å²) in [6, 6.07) is 12.2. The van der Waals surface area contributed by atoms with Crippen LogP contribution < -0.4 is 5.32 Å². The van der Waals surface area contributed by atoms with E-state index in [1.165, 1.54) is 23.3 Å². The van der Waals surface area contributed by atoms with E-state index in [4.69, 9.17) is 0 Å². The number of Topliss-reactive ketones (excluding diaryl/α,β-unsaturated/α-hetero) is 1. The van der Waals surface area contributed by atoms with Crippen molar-refractivity contribution in [3.63, 3.8) is 0 Å². The molecular weight excluding hydrogens is 290 g/mol. The van der Waals surface area contributed by atoms with Crippen LogP contribution in [0.1, 0.15) is 40.7 Å². The second-order valence-electron chi connectivity index (χ2n) is 5.86. The molecule has 23 heavy (non-hydrogen) atoms. The minimum absolute atomic E-state index is 0.00856. The molecular formula is C19H19NO3. The van der Waals surface area contributed by atoms with Crippen LogP contribution in [0.5, 0.6) is 5.75 Å². The number of aryl methyl sites for hydroxylation is 2. The Hall–Kier alpha value is -2.62. The van der Waals surface area contributed by atoms with Gasteiger partial charge in [0.05, 0.1) is 0 Å². The average Bonchev–Trinajstić information content (AvgIpc) is 3.00. The number of aromatic hydroxyl groups is 1. The molecule has 4 heteroatoms. The van der Waals surface area contributed by atoms with Gasteiger partial charge in [0.2, 0.25) is 5.91 Å². The second kappa shape index (κ2) is 6.65. The smallest absolute Gasteiger partial charge is 0.224 e. The van der Waals surface area contributed by atoms with Gasteiger partial charge < -0.3 is 10.4 Å². The van der Waals surface area contributed by atoms with Crippen LogP contribution in [-0.4, -0.2) is 16.8 Å². The predicted molar refractivity (Wildman–Crippen MR) is 88.8 cm³/mol. The van der Waals surface area contributed by atoms with E-state index in [1.807, 2.05) is 18.2 Å². The average molecular weight is 309 g/mol. The fourth-order valence-corrected chi connectivity index (χ4v) is 2.92. The number of hydrogen-bond acceptors (Lipinski definition) is 3. The zero-order valence-electron chi connectivity index (χ0n) is 12.8. The van der Waals surface area contributed by atoms with Gasteiger partial charge in [-0.05, 0) is 48.6 Å². The Morgan fingerprint density at radius 1 is 1.00 bits per heavy atom. The number of amides is 1. The minimum atomic E-state index is -0.231. The standard InChI is InChI=1S/C19H19NO3/c21-17-6-2-5-16(12-17)20-19(23)10-9-18(22)15-8-7-13-3-1-4-14(13)11-15/h2,5-8,11-12,21H,1,3-4,9-10H2,(H,20,23). The summed E-state index contributed by atoms with van der Waals surface area (Å²) in [5.41, 5.74) is 3.82. The molecule has 0 atom stereocenters. The maximum Gasteiger partial charge on any atom is 0.224 e. The maximum atomic E-state index is 12.2. The van der Waals surface area contributed by atoms with Crippen LogP contribution in [0.2, 0.25) is 0 Å². The predicted octanol–water partition coefficient (Wildman–Crippen LogP) is 3.48. The van der Waals surface area contributed by atoms with Crippen LogP contribution in [-0.2, 0) is 17.6 Å². The van der Waals surface area contributed by atoms with Crippen molar-refractivity contribution in [2.24, 2.45) is 0 Å². The number of phenols is 1.